The molecule has 0 unspecified atom stereocenters. The monoisotopic (exact) mass is 410 g/mol. The van der Waals surface area contributed by atoms with Crippen molar-refractivity contribution in [2.24, 2.45) is 0 Å². The molecule has 1 aliphatic heterocycles. The average Bonchev–Trinajstić information content (AvgIpc) is 2.76. The highest BCUT2D eigenvalue weighted by Gasteiger charge is 2.48. The third kappa shape index (κ3) is 4.52. The predicted octanol–water partition coefficient (Wildman–Crippen LogP) is 3.77. The lowest BCUT2D eigenvalue weighted by molar-refractivity contribution is -0.132. The molecular formula is C25H34N2O3. The summed E-state index contributed by atoms with van der Waals surface area (Å²) in [5.74, 6) is 1.16. The lowest BCUT2D eigenvalue weighted by Gasteiger charge is -2.56. The van der Waals surface area contributed by atoms with Gasteiger partial charge in [-0.25, -0.2) is 0 Å². The number of likely N-dealkylation sites (tertiary alicyclic amines) is 1. The van der Waals surface area contributed by atoms with Gasteiger partial charge in [-0.15, -0.1) is 0 Å². The highest BCUT2D eigenvalue weighted by atomic mass is 16.5. The Morgan fingerprint density at radius 2 is 1.83 bits per heavy atom. The summed E-state index contributed by atoms with van der Waals surface area (Å²) in [4.78, 5) is 16.3. The molecule has 0 spiro atoms. The van der Waals surface area contributed by atoms with Gasteiger partial charge in [-0.05, 0) is 48.7 Å². The molecule has 3 atom stereocenters. The van der Waals surface area contributed by atoms with Gasteiger partial charge in [-0.2, -0.15) is 0 Å². The molecule has 162 valence electrons. The molecule has 5 heteroatoms. The number of ether oxygens (including phenoxy) is 1. The van der Waals surface area contributed by atoms with Crippen LogP contribution < -0.4 is 4.74 Å². The fraction of sp³-hybridized carbons (Fsp3) is 0.480. The molecule has 30 heavy (non-hydrogen) atoms. The summed E-state index contributed by atoms with van der Waals surface area (Å²) < 4.78 is 5.34. The standard InChI is InChI=1S/C25H34N2O3/c1-5-14-27-23(16-26(6-2)18(3)29)25(24(27)17-28)20-12-10-19(11-13-20)21-8-7-9-22(15-21)30-4/h7-13,15,23-25,28H,5-6,14,16-17H2,1-4H3/t23-,24-,25-/m1/s1. The van der Waals surface area contributed by atoms with Crippen LogP contribution in [0.4, 0.5) is 0 Å². The van der Waals surface area contributed by atoms with Gasteiger partial charge in [0, 0.05) is 38.0 Å². The van der Waals surface area contributed by atoms with Crippen molar-refractivity contribution in [2.75, 3.05) is 33.4 Å². The molecule has 5 nitrogen and oxygen atoms in total. The van der Waals surface area contributed by atoms with Gasteiger partial charge in [-0.1, -0.05) is 43.3 Å². The molecule has 0 aromatic heterocycles. The molecule has 0 saturated carbocycles. The third-order valence-electron chi connectivity index (χ3n) is 6.28. The molecule has 0 radical (unpaired) electrons. The van der Waals surface area contributed by atoms with Gasteiger partial charge >= 0.3 is 0 Å². The van der Waals surface area contributed by atoms with Crippen LogP contribution in [0, 0.1) is 0 Å². The number of aliphatic hydroxyl groups excluding tert-OH is 1. The Kier molecular flexibility index (Phi) is 7.51. The average molecular weight is 411 g/mol. The van der Waals surface area contributed by atoms with E-state index in [1.165, 1.54) is 5.56 Å². The highest BCUT2D eigenvalue weighted by molar-refractivity contribution is 5.73. The van der Waals surface area contributed by atoms with Crippen molar-refractivity contribution in [3.63, 3.8) is 0 Å². The van der Waals surface area contributed by atoms with Crippen LogP contribution in [0.5, 0.6) is 5.75 Å². The van der Waals surface area contributed by atoms with E-state index in [4.69, 9.17) is 4.74 Å². The number of carbonyl (C=O) groups excluding carboxylic acids is 1. The van der Waals surface area contributed by atoms with Gasteiger partial charge in [0.25, 0.3) is 0 Å². The first-order valence-electron chi connectivity index (χ1n) is 10.9. The summed E-state index contributed by atoms with van der Waals surface area (Å²) in [6, 6.07) is 17.0. The normalized spacial score (nSPS) is 21.2. The molecule has 1 heterocycles. The molecule has 1 fully saturated rings. The first-order chi connectivity index (χ1) is 14.5. The number of hydrogen-bond donors (Lipinski definition) is 1. The van der Waals surface area contributed by atoms with E-state index >= 15 is 0 Å². The van der Waals surface area contributed by atoms with Crippen molar-refractivity contribution in [1.29, 1.82) is 0 Å². The fourth-order valence-corrected chi connectivity index (χ4v) is 4.69. The molecule has 2 aromatic rings. The lowest BCUT2D eigenvalue weighted by atomic mass is 9.74. The maximum absolute atomic E-state index is 12.0. The SMILES string of the molecule is CCCN1[C@H](CO)[C@H](c2ccc(-c3cccc(OC)c3)cc2)[C@H]1CN(CC)C(C)=O. The quantitative estimate of drug-likeness (QED) is 0.684. The van der Waals surface area contributed by atoms with Crippen LogP contribution >= 0.6 is 0 Å². The maximum Gasteiger partial charge on any atom is 0.219 e. The van der Waals surface area contributed by atoms with E-state index in [0.717, 1.165) is 29.8 Å². The number of likely N-dealkylation sites (N-methyl/N-ethyl adjacent to an activating group) is 1. The predicted molar refractivity (Wildman–Crippen MR) is 121 cm³/mol. The van der Waals surface area contributed by atoms with Gasteiger partial charge < -0.3 is 14.7 Å². The Labute approximate surface area is 180 Å². The van der Waals surface area contributed by atoms with E-state index in [2.05, 4.69) is 42.2 Å². The molecule has 1 amide bonds. The summed E-state index contributed by atoms with van der Waals surface area (Å²) in [6.07, 6.45) is 1.03. The second-order valence-corrected chi connectivity index (χ2v) is 7.99. The van der Waals surface area contributed by atoms with E-state index in [1.54, 1.807) is 14.0 Å². The Balaban J connectivity index is 1.85. The molecule has 1 saturated heterocycles. The minimum Gasteiger partial charge on any atom is -0.497 e. The Morgan fingerprint density at radius 3 is 2.40 bits per heavy atom. The number of hydrogen-bond acceptors (Lipinski definition) is 4. The highest BCUT2D eigenvalue weighted by Crippen LogP contribution is 2.41. The van der Waals surface area contributed by atoms with Crippen LogP contribution in [-0.2, 0) is 4.79 Å². The van der Waals surface area contributed by atoms with Crippen molar-refractivity contribution in [3.8, 4) is 16.9 Å². The molecule has 0 bridgehead atoms. The number of methoxy groups -OCH3 is 1. The van der Waals surface area contributed by atoms with Crippen LogP contribution in [0.25, 0.3) is 11.1 Å². The number of amides is 1. The summed E-state index contributed by atoms with van der Waals surface area (Å²) in [5.41, 5.74) is 3.47. The van der Waals surface area contributed by atoms with Crippen molar-refractivity contribution in [2.45, 2.75) is 45.2 Å². The fourth-order valence-electron chi connectivity index (χ4n) is 4.69. The number of benzene rings is 2. The maximum atomic E-state index is 12.0. The van der Waals surface area contributed by atoms with Crippen molar-refractivity contribution in [1.82, 2.24) is 9.80 Å². The molecule has 2 aromatic carbocycles. The number of rotatable bonds is 9. The van der Waals surface area contributed by atoms with Gasteiger partial charge in [0.15, 0.2) is 0 Å². The number of nitrogens with zero attached hydrogens (tertiary/aromatic N) is 2. The zero-order valence-corrected chi connectivity index (χ0v) is 18.5. The molecular weight excluding hydrogens is 376 g/mol. The van der Waals surface area contributed by atoms with Crippen LogP contribution in [0.3, 0.4) is 0 Å². The summed E-state index contributed by atoms with van der Waals surface area (Å²) in [6.45, 7) is 8.28. The Morgan fingerprint density at radius 1 is 1.10 bits per heavy atom. The number of carbonyl (C=O) groups is 1. The van der Waals surface area contributed by atoms with Crippen LogP contribution in [0.1, 0.15) is 38.7 Å². The van der Waals surface area contributed by atoms with Crippen LogP contribution in [0.15, 0.2) is 48.5 Å². The van der Waals surface area contributed by atoms with Gasteiger partial charge in [0.05, 0.1) is 13.7 Å². The zero-order chi connectivity index (χ0) is 21.7. The third-order valence-corrected chi connectivity index (χ3v) is 6.28. The van der Waals surface area contributed by atoms with Gasteiger partial charge in [-0.3, -0.25) is 9.69 Å². The van der Waals surface area contributed by atoms with Crippen LogP contribution in [-0.4, -0.2) is 66.2 Å². The van der Waals surface area contributed by atoms with Gasteiger partial charge in [0.2, 0.25) is 5.91 Å². The first kappa shape index (κ1) is 22.3. The second-order valence-electron chi connectivity index (χ2n) is 7.99. The van der Waals surface area contributed by atoms with E-state index in [-0.39, 0.29) is 30.5 Å². The smallest absolute Gasteiger partial charge is 0.219 e. The molecule has 1 aliphatic rings. The summed E-state index contributed by atoms with van der Waals surface area (Å²) in [7, 11) is 1.68. The Hall–Kier alpha value is -2.37. The van der Waals surface area contributed by atoms with Crippen molar-refractivity contribution >= 4 is 5.91 Å². The van der Waals surface area contributed by atoms with Crippen molar-refractivity contribution < 1.29 is 14.6 Å². The topological polar surface area (TPSA) is 53.0 Å². The minimum absolute atomic E-state index is 0.100. The zero-order valence-electron chi connectivity index (χ0n) is 18.5. The minimum atomic E-state index is 0.100. The van der Waals surface area contributed by atoms with E-state index in [0.29, 0.717) is 13.1 Å². The van der Waals surface area contributed by atoms with E-state index in [1.807, 2.05) is 30.0 Å². The summed E-state index contributed by atoms with van der Waals surface area (Å²) in [5, 5.41) is 10.1. The van der Waals surface area contributed by atoms with E-state index in [9.17, 15) is 9.90 Å². The first-order valence-corrected chi connectivity index (χ1v) is 10.9. The second kappa shape index (κ2) is 10.1. The lowest BCUT2D eigenvalue weighted by Crippen LogP contribution is -2.67. The molecule has 1 N–H and O–H groups in total. The van der Waals surface area contributed by atoms with E-state index < -0.39 is 0 Å². The molecule has 0 aliphatic carbocycles. The largest absolute Gasteiger partial charge is 0.497 e. The van der Waals surface area contributed by atoms with Crippen LogP contribution in [0.2, 0.25) is 0 Å². The van der Waals surface area contributed by atoms with Gasteiger partial charge in [0.1, 0.15) is 5.75 Å². The Bertz CT molecular complexity index is 837. The molecule has 3 rings (SSSR count). The van der Waals surface area contributed by atoms with Crippen molar-refractivity contribution in [3.05, 3.63) is 54.1 Å². The number of aliphatic hydroxyl groups is 1. The summed E-state index contributed by atoms with van der Waals surface area (Å²) >= 11 is 0.